The average molecular weight is 428 g/mol. The average Bonchev–Trinajstić information content (AvgIpc) is 3.09. The van der Waals surface area contributed by atoms with Crippen molar-refractivity contribution in [2.45, 2.75) is 40.2 Å². The number of ether oxygens (including phenoxy) is 1. The van der Waals surface area contributed by atoms with Gasteiger partial charge in [0.2, 0.25) is 0 Å². The van der Waals surface area contributed by atoms with E-state index in [0.717, 1.165) is 28.7 Å². The quantitative estimate of drug-likeness (QED) is 0.409. The van der Waals surface area contributed by atoms with Crippen molar-refractivity contribution in [2.75, 3.05) is 7.11 Å². The number of rotatable bonds is 4. The molecule has 7 nitrogen and oxygen atoms in total. The molecule has 0 N–H and O–H groups in total. The van der Waals surface area contributed by atoms with Crippen LogP contribution in [-0.4, -0.2) is 31.2 Å². The molecule has 5 aromatic rings. The third-order valence-corrected chi connectivity index (χ3v) is 6.09. The van der Waals surface area contributed by atoms with Gasteiger partial charge >= 0.3 is 0 Å². The molecule has 162 valence electrons. The molecule has 1 atom stereocenters. The Hall–Kier alpha value is -3.74. The smallest absolute Gasteiger partial charge is 0.265 e. The molecule has 0 saturated heterocycles. The lowest BCUT2D eigenvalue weighted by Crippen LogP contribution is -2.26. The maximum Gasteiger partial charge on any atom is 0.265 e. The van der Waals surface area contributed by atoms with Crippen molar-refractivity contribution in [3.63, 3.8) is 0 Å². The molecule has 32 heavy (non-hydrogen) atoms. The van der Waals surface area contributed by atoms with Gasteiger partial charge in [-0.1, -0.05) is 25.1 Å². The molecule has 0 bridgehead atoms. The first-order valence-electron chi connectivity index (χ1n) is 10.8. The molecule has 0 fully saturated rings. The molecule has 3 heterocycles. The Morgan fingerprint density at radius 2 is 1.72 bits per heavy atom. The zero-order chi connectivity index (χ0) is 22.6. The molecule has 5 rings (SSSR count). The maximum atomic E-state index is 13.8. The minimum absolute atomic E-state index is 0.0275. The van der Waals surface area contributed by atoms with E-state index in [0.29, 0.717) is 33.8 Å². The lowest BCUT2D eigenvalue weighted by molar-refractivity contribution is 0.413. The zero-order valence-electron chi connectivity index (χ0n) is 18.9. The van der Waals surface area contributed by atoms with Gasteiger partial charge in [-0.05, 0) is 57.0 Å². The molecule has 0 amide bonds. The number of hydrogen-bond acceptors (Lipinski definition) is 5. The van der Waals surface area contributed by atoms with Gasteiger partial charge in [-0.2, -0.15) is 0 Å². The molecule has 0 saturated carbocycles. The summed E-state index contributed by atoms with van der Waals surface area (Å²) in [6, 6.07) is 13.6. The van der Waals surface area contributed by atoms with Crippen LogP contribution >= 0.6 is 0 Å². The van der Waals surface area contributed by atoms with Gasteiger partial charge in [0.15, 0.2) is 11.3 Å². The Morgan fingerprint density at radius 3 is 2.41 bits per heavy atom. The molecular weight excluding hydrogens is 402 g/mol. The lowest BCUT2D eigenvalue weighted by atomic mass is 10.2. The summed E-state index contributed by atoms with van der Waals surface area (Å²) in [6.45, 7) is 7.99. The summed E-state index contributed by atoms with van der Waals surface area (Å²) in [4.78, 5) is 28.5. The van der Waals surface area contributed by atoms with E-state index in [1.807, 2.05) is 67.8 Å². The molecule has 0 aliphatic carbocycles. The van der Waals surface area contributed by atoms with E-state index in [9.17, 15) is 4.79 Å². The van der Waals surface area contributed by atoms with Crippen molar-refractivity contribution in [3.8, 4) is 11.4 Å². The van der Waals surface area contributed by atoms with Crippen LogP contribution in [0.1, 0.15) is 37.7 Å². The molecule has 0 spiro atoms. The molecule has 0 unspecified atom stereocenters. The van der Waals surface area contributed by atoms with Crippen LogP contribution in [0.15, 0.2) is 47.3 Å². The van der Waals surface area contributed by atoms with Gasteiger partial charge in [0.25, 0.3) is 5.56 Å². The summed E-state index contributed by atoms with van der Waals surface area (Å²) in [5.74, 6) is 1.34. The van der Waals surface area contributed by atoms with Crippen molar-refractivity contribution in [2.24, 2.45) is 0 Å². The first kappa shape index (κ1) is 20.2. The first-order valence-corrected chi connectivity index (χ1v) is 10.8. The third kappa shape index (κ3) is 2.88. The number of nitrogens with zero attached hydrogens (tertiary/aromatic N) is 5. The number of aromatic nitrogens is 5. The summed E-state index contributed by atoms with van der Waals surface area (Å²) in [7, 11) is 1.64. The number of hydrogen-bond donors (Lipinski definition) is 0. The number of benzene rings is 2. The Bertz CT molecular complexity index is 1560. The van der Waals surface area contributed by atoms with Gasteiger partial charge in [0.05, 0.1) is 23.8 Å². The van der Waals surface area contributed by atoms with E-state index in [4.69, 9.17) is 19.7 Å². The highest BCUT2D eigenvalue weighted by atomic mass is 16.5. The fourth-order valence-electron chi connectivity index (χ4n) is 4.31. The second kappa shape index (κ2) is 7.44. The second-order valence-corrected chi connectivity index (χ2v) is 8.19. The summed E-state index contributed by atoms with van der Waals surface area (Å²) in [5.41, 5.74) is 4.94. The van der Waals surface area contributed by atoms with Crippen molar-refractivity contribution >= 4 is 33.2 Å². The van der Waals surface area contributed by atoms with E-state index in [1.54, 1.807) is 11.7 Å². The summed E-state index contributed by atoms with van der Waals surface area (Å²) in [5, 5.41) is 0.479. The van der Waals surface area contributed by atoms with E-state index >= 15 is 0 Å². The van der Waals surface area contributed by atoms with E-state index in [-0.39, 0.29) is 11.6 Å². The van der Waals surface area contributed by atoms with Gasteiger partial charge in [0.1, 0.15) is 22.5 Å². The fraction of sp³-hybridized carbons (Fsp3) is 0.280. The molecule has 2 aromatic carbocycles. The Kier molecular flexibility index (Phi) is 4.69. The van der Waals surface area contributed by atoms with Gasteiger partial charge in [0, 0.05) is 6.04 Å². The van der Waals surface area contributed by atoms with Gasteiger partial charge in [-0.25, -0.2) is 15.0 Å². The number of methoxy groups -OCH3 is 1. The van der Waals surface area contributed by atoms with Gasteiger partial charge < -0.3 is 4.74 Å². The second-order valence-electron chi connectivity index (χ2n) is 8.19. The molecule has 0 aliphatic heterocycles. The van der Waals surface area contributed by atoms with Gasteiger partial charge in [-0.3, -0.25) is 13.9 Å². The van der Waals surface area contributed by atoms with Crippen LogP contribution in [0.25, 0.3) is 38.9 Å². The van der Waals surface area contributed by atoms with Crippen LogP contribution in [0.4, 0.5) is 0 Å². The van der Waals surface area contributed by atoms with Crippen LogP contribution in [-0.2, 0) is 0 Å². The van der Waals surface area contributed by atoms with Crippen LogP contribution in [0.5, 0.6) is 5.75 Å². The molecule has 7 heteroatoms. The van der Waals surface area contributed by atoms with Crippen LogP contribution in [0.2, 0.25) is 0 Å². The highest BCUT2D eigenvalue weighted by molar-refractivity contribution is 6.06. The Morgan fingerprint density at radius 1 is 1.00 bits per heavy atom. The molecular formula is C25H25N5O2. The summed E-state index contributed by atoms with van der Waals surface area (Å²) >= 11 is 0. The minimum Gasteiger partial charge on any atom is -0.495 e. The van der Waals surface area contributed by atoms with Crippen molar-refractivity contribution in [1.29, 1.82) is 0 Å². The zero-order valence-corrected chi connectivity index (χ0v) is 18.9. The largest absolute Gasteiger partial charge is 0.495 e. The Balaban J connectivity index is 2.04. The molecule has 0 radical (unpaired) electrons. The van der Waals surface area contributed by atoms with Gasteiger partial charge in [-0.15, -0.1) is 0 Å². The lowest BCUT2D eigenvalue weighted by Gasteiger charge is -2.16. The predicted octanol–water partition coefficient (Wildman–Crippen LogP) is 4.88. The van der Waals surface area contributed by atoms with E-state index < -0.39 is 0 Å². The number of fused-ring (bicyclic) bond motifs is 4. The standard InChI is InChI=1S/C25H25N5O2/c1-6-15(3)29-16(4)26-23-21(25(29)31)22-24(28-18-10-8-7-9-17(18)27-22)30(23)19-13-14(2)11-12-20(19)32-5/h7-13,15H,6H2,1-5H3/t15-/m1/s1. The predicted molar refractivity (Wildman–Crippen MR) is 127 cm³/mol. The minimum atomic E-state index is -0.0956. The highest BCUT2D eigenvalue weighted by Gasteiger charge is 2.24. The third-order valence-electron chi connectivity index (χ3n) is 6.09. The van der Waals surface area contributed by atoms with E-state index in [2.05, 4.69) is 6.92 Å². The normalized spacial score (nSPS) is 12.7. The van der Waals surface area contributed by atoms with E-state index in [1.165, 1.54) is 0 Å². The molecule has 3 aromatic heterocycles. The SMILES string of the molecule is CC[C@@H](C)n1c(C)nc2c(c1=O)c1nc3ccccc3nc1n2-c1cc(C)ccc1OC. The Labute approximate surface area is 185 Å². The topological polar surface area (TPSA) is 74.8 Å². The summed E-state index contributed by atoms with van der Waals surface area (Å²) < 4.78 is 9.34. The highest BCUT2D eigenvalue weighted by Crippen LogP contribution is 2.33. The monoisotopic (exact) mass is 427 g/mol. The fourth-order valence-corrected chi connectivity index (χ4v) is 4.31. The number of para-hydroxylation sites is 2. The summed E-state index contributed by atoms with van der Waals surface area (Å²) in [6.07, 6.45) is 0.826. The maximum absolute atomic E-state index is 13.8. The van der Waals surface area contributed by atoms with Crippen molar-refractivity contribution < 1.29 is 4.74 Å². The van der Waals surface area contributed by atoms with Crippen LogP contribution < -0.4 is 10.3 Å². The van der Waals surface area contributed by atoms with Crippen LogP contribution in [0, 0.1) is 13.8 Å². The number of aryl methyl sites for hydroxylation is 2. The van der Waals surface area contributed by atoms with Crippen molar-refractivity contribution in [3.05, 3.63) is 64.2 Å². The molecule has 0 aliphatic rings. The van der Waals surface area contributed by atoms with Crippen LogP contribution in [0.3, 0.4) is 0 Å². The first-order chi connectivity index (χ1) is 15.4. The van der Waals surface area contributed by atoms with Crippen molar-refractivity contribution in [1.82, 2.24) is 24.1 Å².